The first-order valence-corrected chi connectivity index (χ1v) is 7.56. The van der Waals surface area contributed by atoms with Crippen molar-refractivity contribution < 1.29 is 0 Å². The number of aryl methyl sites for hydroxylation is 4. The second kappa shape index (κ2) is 6.17. The molecule has 0 spiro atoms. The highest BCUT2D eigenvalue weighted by Gasteiger charge is 2.09. The van der Waals surface area contributed by atoms with Gasteiger partial charge in [0.15, 0.2) is 0 Å². The van der Waals surface area contributed by atoms with Crippen molar-refractivity contribution in [1.82, 2.24) is 15.0 Å². The zero-order valence-corrected chi connectivity index (χ0v) is 13.2. The van der Waals surface area contributed by atoms with Gasteiger partial charge < -0.3 is 11.1 Å². The molecule has 0 aliphatic rings. The topological polar surface area (TPSA) is 76.7 Å². The van der Waals surface area contributed by atoms with E-state index in [9.17, 15) is 0 Å². The van der Waals surface area contributed by atoms with E-state index in [-0.39, 0.29) is 12.0 Å². The lowest BCUT2D eigenvalue weighted by atomic mass is 10.1. The summed E-state index contributed by atoms with van der Waals surface area (Å²) in [5.74, 6) is 1.45. The quantitative estimate of drug-likeness (QED) is 0.885. The minimum Gasteiger partial charge on any atom is -0.368 e. The van der Waals surface area contributed by atoms with Crippen LogP contribution in [0, 0.1) is 20.8 Å². The van der Waals surface area contributed by atoms with E-state index < -0.39 is 0 Å². The molecule has 0 saturated heterocycles. The van der Waals surface area contributed by atoms with E-state index in [0.717, 1.165) is 12.8 Å². The van der Waals surface area contributed by atoms with Gasteiger partial charge in [0.1, 0.15) is 5.82 Å². The minimum absolute atomic E-state index is 0.261. The standard InChI is InChI=1S/C14H21N5S/c1-8-7-10(3)20-12(8)6-5-9(2)16-14-18-11(4)17-13(15)19-14/h7,9H,5-6H2,1-4H3,(H3,15,16,17,18,19). The summed E-state index contributed by atoms with van der Waals surface area (Å²) in [7, 11) is 0. The van der Waals surface area contributed by atoms with Gasteiger partial charge in [0.25, 0.3) is 0 Å². The van der Waals surface area contributed by atoms with Crippen molar-refractivity contribution >= 4 is 23.2 Å². The molecule has 0 bridgehead atoms. The molecule has 0 aliphatic heterocycles. The zero-order valence-electron chi connectivity index (χ0n) is 12.4. The van der Waals surface area contributed by atoms with Crippen LogP contribution in [0.1, 0.15) is 34.5 Å². The Labute approximate surface area is 123 Å². The summed E-state index contributed by atoms with van der Waals surface area (Å²) in [5, 5.41) is 3.28. The van der Waals surface area contributed by atoms with Crippen molar-refractivity contribution in [2.45, 2.75) is 46.6 Å². The van der Waals surface area contributed by atoms with Crippen molar-refractivity contribution in [3.63, 3.8) is 0 Å². The molecule has 1 unspecified atom stereocenters. The Hall–Kier alpha value is -1.69. The van der Waals surface area contributed by atoms with Crippen LogP contribution in [0.4, 0.5) is 11.9 Å². The molecule has 0 amide bonds. The Morgan fingerprint density at radius 3 is 2.60 bits per heavy atom. The van der Waals surface area contributed by atoms with Crippen molar-refractivity contribution in [2.75, 3.05) is 11.1 Å². The fourth-order valence-corrected chi connectivity index (χ4v) is 3.21. The Bertz CT molecular complexity index is 573. The first-order chi connectivity index (χ1) is 9.44. The lowest BCUT2D eigenvalue weighted by Gasteiger charge is -2.13. The first-order valence-electron chi connectivity index (χ1n) is 6.74. The highest BCUT2D eigenvalue weighted by Crippen LogP contribution is 2.23. The summed E-state index contributed by atoms with van der Waals surface area (Å²) in [5.41, 5.74) is 7.01. The molecule has 0 saturated carbocycles. The van der Waals surface area contributed by atoms with Crippen molar-refractivity contribution in [2.24, 2.45) is 0 Å². The average molecular weight is 291 g/mol. The Morgan fingerprint density at radius 2 is 2.00 bits per heavy atom. The molecule has 5 nitrogen and oxygen atoms in total. The molecule has 1 atom stereocenters. The van der Waals surface area contributed by atoms with Gasteiger partial charge in [-0.15, -0.1) is 11.3 Å². The van der Waals surface area contributed by atoms with Crippen molar-refractivity contribution in [3.05, 3.63) is 27.2 Å². The Kier molecular flexibility index (Phi) is 4.54. The van der Waals surface area contributed by atoms with Gasteiger partial charge in [-0.3, -0.25) is 0 Å². The number of nitrogens with zero attached hydrogens (tertiary/aromatic N) is 3. The van der Waals surface area contributed by atoms with Crippen LogP contribution in [0.15, 0.2) is 6.07 Å². The van der Waals surface area contributed by atoms with Gasteiger partial charge in [0, 0.05) is 15.8 Å². The van der Waals surface area contributed by atoms with Crippen molar-refractivity contribution in [3.8, 4) is 0 Å². The van der Waals surface area contributed by atoms with Gasteiger partial charge in [-0.2, -0.15) is 15.0 Å². The van der Waals surface area contributed by atoms with Crippen LogP contribution >= 0.6 is 11.3 Å². The van der Waals surface area contributed by atoms with E-state index in [2.05, 4.69) is 47.1 Å². The Balaban J connectivity index is 1.92. The number of hydrogen-bond donors (Lipinski definition) is 2. The predicted molar refractivity (Wildman–Crippen MR) is 84.2 cm³/mol. The summed E-state index contributed by atoms with van der Waals surface area (Å²) in [6.45, 7) is 8.27. The van der Waals surface area contributed by atoms with Crippen LogP contribution in [-0.2, 0) is 6.42 Å². The molecule has 0 aromatic carbocycles. The SMILES string of the molecule is Cc1nc(N)nc(NC(C)CCc2sc(C)cc2C)n1. The van der Waals surface area contributed by atoms with Gasteiger partial charge in [-0.1, -0.05) is 0 Å². The second-order valence-corrected chi connectivity index (χ2v) is 6.45. The van der Waals surface area contributed by atoms with E-state index >= 15 is 0 Å². The number of nitrogens with two attached hydrogens (primary N) is 1. The van der Waals surface area contributed by atoms with Crippen LogP contribution in [0.25, 0.3) is 0 Å². The largest absolute Gasteiger partial charge is 0.368 e. The zero-order chi connectivity index (χ0) is 14.7. The summed E-state index contributed by atoms with van der Waals surface area (Å²) >= 11 is 1.88. The van der Waals surface area contributed by atoms with Crippen LogP contribution in [0.5, 0.6) is 0 Å². The molecule has 2 aromatic rings. The average Bonchev–Trinajstić information content (AvgIpc) is 2.64. The molecule has 2 aromatic heterocycles. The fourth-order valence-electron chi connectivity index (χ4n) is 2.15. The van der Waals surface area contributed by atoms with Crippen LogP contribution in [-0.4, -0.2) is 21.0 Å². The van der Waals surface area contributed by atoms with E-state index in [1.807, 2.05) is 18.3 Å². The van der Waals surface area contributed by atoms with Crippen molar-refractivity contribution in [1.29, 1.82) is 0 Å². The normalized spacial score (nSPS) is 12.4. The minimum atomic E-state index is 0.261. The first kappa shape index (κ1) is 14.7. The third kappa shape index (κ3) is 3.90. The van der Waals surface area contributed by atoms with Gasteiger partial charge in [-0.25, -0.2) is 0 Å². The summed E-state index contributed by atoms with van der Waals surface area (Å²) in [4.78, 5) is 15.1. The molecule has 0 fully saturated rings. The van der Waals surface area contributed by atoms with Gasteiger partial charge in [-0.05, 0) is 52.2 Å². The van der Waals surface area contributed by atoms with E-state index in [0.29, 0.717) is 11.8 Å². The molecule has 20 heavy (non-hydrogen) atoms. The summed E-state index contributed by atoms with van der Waals surface area (Å²) in [6, 6.07) is 2.53. The fraction of sp³-hybridized carbons (Fsp3) is 0.500. The van der Waals surface area contributed by atoms with Gasteiger partial charge in [0.05, 0.1) is 0 Å². The Morgan fingerprint density at radius 1 is 1.25 bits per heavy atom. The second-order valence-electron chi connectivity index (χ2n) is 5.11. The third-order valence-corrected chi connectivity index (χ3v) is 4.30. The molecular formula is C14H21N5S. The number of hydrogen-bond acceptors (Lipinski definition) is 6. The highest BCUT2D eigenvalue weighted by atomic mass is 32.1. The van der Waals surface area contributed by atoms with Crippen LogP contribution < -0.4 is 11.1 Å². The molecule has 2 heterocycles. The summed E-state index contributed by atoms with van der Waals surface area (Å²) in [6.07, 6.45) is 2.10. The predicted octanol–water partition coefficient (Wildman–Crippen LogP) is 2.87. The maximum Gasteiger partial charge on any atom is 0.227 e. The lowest BCUT2D eigenvalue weighted by Crippen LogP contribution is -2.19. The third-order valence-electron chi connectivity index (χ3n) is 3.09. The molecule has 0 radical (unpaired) electrons. The van der Waals surface area contributed by atoms with E-state index in [1.54, 1.807) is 0 Å². The monoisotopic (exact) mass is 291 g/mol. The van der Waals surface area contributed by atoms with Gasteiger partial charge in [0.2, 0.25) is 11.9 Å². The number of anilines is 2. The molecule has 3 N–H and O–H groups in total. The molecule has 6 heteroatoms. The number of rotatable bonds is 5. The van der Waals surface area contributed by atoms with E-state index in [1.165, 1.54) is 15.3 Å². The smallest absolute Gasteiger partial charge is 0.227 e. The van der Waals surface area contributed by atoms with Crippen LogP contribution in [0.3, 0.4) is 0 Å². The molecule has 0 aliphatic carbocycles. The number of nitrogen functional groups attached to an aromatic ring is 1. The highest BCUT2D eigenvalue weighted by molar-refractivity contribution is 7.12. The molecular weight excluding hydrogens is 270 g/mol. The van der Waals surface area contributed by atoms with E-state index in [4.69, 9.17) is 5.73 Å². The number of thiophene rings is 1. The number of nitrogens with one attached hydrogen (secondary N) is 1. The molecule has 2 rings (SSSR count). The lowest BCUT2D eigenvalue weighted by molar-refractivity contribution is 0.700. The summed E-state index contributed by atoms with van der Waals surface area (Å²) < 4.78 is 0. The maximum absolute atomic E-state index is 5.62. The van der Waals surface area contributed by atoms with Crippen LogP contribution in [0.2, 0.25) is 0 Å². The van der Waals surface area contributed by atoms with Gasteiger partial charge >= 0.3 is 0 Å². The number of aromatic nitrogens is 3. The maximum atomic E-state index is 5.62. The molecule has 108 valence electrons.